The molecule has 0 N–H and O–H groups in total. The molecule has 7 rings (SSSR count). The predicted octanol–water partition coefficient (Wildman–Crippen LogP) is 8.34. The molecular formula is C33H22O. The molecule has 0 spiro atoms. The van der Waals surface area contributed by atoms with Crippen LogP contribution in [0.2, 0.25) is 0 Å². The Balaban J connectivity index is 1.59. The van der Waals surface area contributed by atoms with E-state index in [2.05, 4.69) is 97.1 Å². The van der Waals surface area contributed by atoms with E-state index in [9.17, 15) is 4.79 Å². The number of benzene rings is 6. The topological polar surface area (TPSA) is 17.1 Å². The fourth-order valence-electron chi connectivity index (χ4n) is 5.92. The number of Topliss-reactive ketones (excluding diaryl/α,β-unsaturated/α-hetero) is 1. The van der Waals surface area contributed by atoms with Gasteiger partial charge in [0.2, 0.25) is 0 Å². The Labute approximate surface area is 198 Å². The number of hydrogen-bond acceptors (Lipinski definition) is 1. The maximum Gasteiger partial charge on any atom is 0.171 e. The van der Waals surface area contributed by atoms with Gasteiger partial charge >= 0.3 is 0 Å². The summed E-state index contributed by atoms with van der Waals surface area (Å²) in [6.45, 7) is 0. The number of carbonyl (C=O) groups excluding carboxylic acids is 1. The highest BCUT2D eigenvalue weighted by atomic mass is 16.1. The molecule has 0 heterocycles. The lowest BCUT2D eigenvalue weighted by Crippen LogP contribution is -2.15. The molecule has 0 saturated carbocycles. The first-order chi connectivity index (χ1) is 16.8. The second-order valence-electron chi connectivity index (χ2n) is 9.18. The first-order valence-corrected chi connectivity index (χ1v) is 11.8. The van der Waals surface area contributed by atoms with Gasteiger partial charge in [-0.15, -0.1) is 0 Å². The second kappa shape index (κ2) is 7.40. The van der Waals surface area contributed by atoms with Crippen molar-refractivity contribution in [1.29, 1.82) is 0 Å². The normalized spacial score (nSPS) is 15.3. The summed E-state index contributed by atoms with van der Waals surface area (Å²) in [5.41, 5.74) is 5.38. The molecule has 1 unspecified atom stereocenters. The van der Waals surface area contributed by atoms with Crippen LogP contribution in [0, 0.1) is 0 Å². The summed E-state index contributed by atoms with van der Waals surface area (Å²) in [5, 5.41) is 7.35. The molecule has 0 saturated heterocycles. The molecular weight excluding hydrogens is 412 g/mol. The van der Waals surface area contributed by atoms with Crippen LogP contribution >= 0.6 is 0 Å². The molecule has 1 aliphatic carbocycles. The quantitative estimate of drug-likeness (QED) is 0.238. The first kappa shape index (κ1) is 19.3. The van der Waals surface area contributed by atoms with Gasteiger partial charge in [-0.2, -0.15) is 0 Å². The minimum atomic E-state index is -0.238. The Morgan fingerprint density at radius 3 is 1.68 bits per heavy atom. The maximum absolute atomic E-state index is 14.1. The number of rotatable bonds is 1. The van der Waals surface area contributed by atoms with Gasteiger partial charge in [0.05, 0.1) is 5.92 Å². The van der Waals surface area contributed by atoms with Crippen LogP contribution in [0.5, 0.6) is 0 Å². The third-order valence-electron chi connectivity index (χ3n) is 7.42. The molecule has 1 nitrogen and oxygen atoms in total. The lowest BCUT2D eigenvalue weighted by molar-refractivity contribution is 0.0961. The summed E-state index contributed by atoms with van der Waals surface area (Å²) >= 11 is 0. The molecule has 6 aromatic rings. The van der Waals surface area contributed by atoms with Crippen molar-refractivity contribution in [1.82, 2.24) is 0 Å². The molecule has 0 aromatic heterocycles. The van der Waals surface area contributed by atoms with Crippen molar-refractivity contribution in [3.63, 3.8) is 0 Å². The molecule has 0 amide bonds. The zero-order valence-corrected chi connectivity index (χ0v) is 18.7. The van der Waals surface area contributed by atoms with Gasteiger partial charge in [-0.3, -0.25) is 4.79 Å². The second-order valence-corrected chi connectivity index (χ2v) is 9.18. The van der Waals surface area contributed by atoms with E-state index < -0.39 is 0 Å². The van der Waals surface area contributed by atoms with E-state index in [1.807, 2.05) is 18.2 Å². The highest BCUT2D eigenvalue weighted by Crippen LogP contribution is 2.43. The van der Waals surface area contributed by atoms with Crippen LogP contribution in [0.25, 0.3) is 43.4 Å². The van der Waals surface area contributed by atoms with Gasteiger partial charge < -0.3 is 0 Å². The smallest absolute Gasteiger partial charge is 0.171 e. The lowest BCUT2D eigenvalue weighted by Gasteiger charge is -2.20. The number of carbonyl (C=O) groups is 1. The molecule has 0 radical (unpaired) electrons. The minimum absolute atomic E-state index is 0.205. The van der Waals surface area contributed by atoms with Gasteiger partial charge in [-0.1, -0.05) is 115 Å². The van der Waals surface area contributed by atoms with E-state index >= 15 is 0 Å². The largest absolute Gasteiger partial charge is 0.293 e. The van der Waals surface area contributed by atoms with Gasteiger partial charge in [-0.05, 0) is 61.0 Å². The third-order valence-corrected chi connectivity index (χ3v) is 7.42. The molecule has 0 fully saturated rings. The van der Waals surface area contributed by atoms with Crippen molar-refractivity contribution in [2.24, 2.45) is 0 Å². The molecule has 1 aliphatic rings. The van der Waals surface area contributed by atoms with Gasteiger partial charge in [-0.25, -0.2) is 0 Å². The average Bonchev–Trinajstić information content (AvgIpc) is 3.03. The van der Waals surface area contributed by atoms with Crippen LogP contribution in [0.3, 0.4) is 0 Å². The Morgan fingerprint density at radius 2 is 0.971 bits per heavy atom. The highest BCUT2D eigenvalue weighted by molar-refractivity contribution is 6.27. The van der Waals surface area contributed by atoms with Gasteiger partial charge in [0.1, 0.15) is 0 Å². The van der Waals surface area contributed by atoms with Crippen molar-refractivity contribution >= 4 is 38.1 Å². The van der Waals surface area contributed by atoms with Crippen LogP contribution in [0.1, 0.15) is 27.4 Å². The zero-order valence-electron chi connectivity index (χ0n) is 18.7. The summed E-state index contributed by atoms with van der Waals surface area (Å²) in [6, 6.07) is 40.3. The molecule has 0 bridgehead atoms. The van der Waals surface area contributed by atoms with Crippen LogP contribution in [0.4, 0.5) is 0 Å². The highest BCUT2D eigenvalue weighted by Gasteiger charge is 2.31. The first-order valence-electron chi connectivity index (χ1n) is 11.8. The van der Waals surface area contributed by atoms with E-state index in [1.165, 1.54) is 43.4 Å². The van der Waals surface area contributed by atoms with E-state index in [-0.39, 0.29) is 11.7 Å². The molecule has 0 aliphatic heterocycles. The van der Waals surface area contributed by atoms with Gasteiger partial charge in [0, 0.05) is 5.56 Å². The fraction of sp³-hybridized carbons (Fsp3) is 0.0606. The SMILES string of the molecule is O=C1c2ccccc2-c2ccccc2CC1c1cccc2c3ccccc3c3ccccc3c12. The van der Waals surface area contributed by atoms with Crippen molar-refractivity contribution in [3.05, 3.63) is 132 Å². The minimum Gasteiger partial charge on any atom is -0.293 e. The van der Waals surface area contributed by atoms with Crippen molar-refractivity contribution in [2.45, 2.75) is 12.3 Å². The average molecular weight is 435 g/mol. The van der Waals surface area contributed by atoms with Crippen LogP contribution in [-0.2, 0) is 6.42 Å². The zero-order chi connectivity index (χ0) is 22.6. The van der Waals surface area contributed by atoms with E-state index in [0.29, 0.717) is 6.42 Å². The lowest BCUT2D eigenvalue weighted by atomic mass is 9.82. The molecule has 34 heavy (non-hydrogen) atoms. The molecule has 1 atom stereocenters. The number of ketones is 1. The Bertz CT molecular complexity index is 1710. The summed E-state index contributed by atoms with van der Waals surface area (Å²) in [6.07, 6.45) is 0.698. The summed E-state index contributed by atoms with van der Waals surface area (Å²) < 4.78 is 0. The molecule has 1 heteroatoms. The number of hydrogen-bond donors (Lipinski definition) is 0. The summed E-state index contributed by atoms with van der Waals surface area (Å²) in [4.78, 5) is 14.1. The van der Waals surface area contributed by atoms with Crippen LogP contribution in [-0.4, -0.2) is 5.78 Å². The third kappa shape index (κ3) is 2.71. The predicted molar refractivity (Wildman–Crippen MR) is 142 cm³/mol. The monoisotopic (exact) mass is 434 g/mol. The number of fused-ring (bicyclic) bond motifs is 9. The van der Waals surface area contributed by atoms with E-state index in [0.717, 1.165) is 16.7 Å². The summed E-state index contributed by atoms with van der Waals surface area (Å²) in [7, 11) is 0. The van der Waals surface area contributed by atoms with Crippen molar-refractivity contribution in [3.8, 4) is 11.1 Å². The Hall–Kier alpha value is -4.23. The Kier molecular flexibility index (Phi) is 4.19. The standard InChI is InChI=1S/C33H22O/c34-33-30-17-8-6-12-23(30)22-11-2-1-10-21(22)20-31(33)29-19-9-18-28-26-14-4-3-13-24(26)25-15-5-7-16-27(25)32(28)29/h1-19,31H,20H2. The van der Waals surface area contributed by atoms with Crippen LogP contribution < -0.4 is 0 Å². The van der Waals surface area contributed by atoms with Gasteiger partial charge in [0.25, 0.3) is 0 Å². The molecule has 160 valence electrons. The molecule has 6 aromatic carbocycles. The van der Waals surface area contributed by atoms with Crippen LogP contribution in [0.15, 0.2) is 115 Å². The van der Waals surface area contributed by atoms with Crippen molar-refractivity contribution < 1.29 is 4.79 Å². The fourth-order valence-corrected chi connectivity index (χ4v) is 5.92. The van der Waals surface area contributed by atoms with Crippen molar-refractivity contribution in [2.75, 3.05) is 0 Å². The maximum atomic E-state index is 14.1. The van der Waals surface area contributed by atoms with E-state index in [4.69, 9.17) is 0 Å². The summed E-state index contributed by atoms with van der Waals surface area (Å²) in [5.74, 6) is -0.0328. The van der Waals surface area contributed by atoms with Gasteiger partial charge in [0.15, 0.2) is 5.78 Å². The Morgan fingerprint density at radius 1 is 0.471 bits per heavy atom. The van der Waals surface area contributed by atoms with E-state index in [1.54, 1.807) is 0 Å².